The predicted octanol–water partition coefficient (Wildman–Crippen LogP) is 1.87. The fraction of sp³-hybridized carbons (Fsp3) is 0.278. The lowest BCUT2D eigenvalue weighted by Crippen LogP contribution is -3.08. The van der Waals surface area contributed by atoms with Crippen LogP contribution < -0.4 is 10.2 Å². The summed E-state index contributed by atoms with van der Waals surface area (Å²) in [5.74, 6) is -0.241. The molecule has 6 nitrogen and oxygen atoms in total. The average molecular weight is 328 g/mol. The van der Waals surface area contributed by atoms with Gasteiger partial charge in [-0.1, -0.05) is 30.3 Å². The van der Waals surface area contributed by atoms with E-state index in [1.54, 1.807) is 6.07 Å². The van der Waals surface area contributed by atoms with Gasteiger partial charge in [0.2, 0.25) is 0 Å². The quantitative estimate of drug-likeness (QED) is 0.628. The number of rotatable bonds is 6. The Morgan fingerprint density at radius 3 is 2.42 bits per heavy atom. The molecule has 0 aromatic heterocycles. The fourth-order valence-electron chi connectivity index (χ4n) is 2.53. The van der Waals surface area contributed by atoms with Gasteiger partial charge in [0.25, 0.3) is 11.6 Å². The van der Waals surface area contributed by atoms with Gasteiger partial charge < -0.3 is 10.2 Å². The zero-order valence-corrected chi connectivity index (χ0v) is 14.1. The zero-order chi connectivity index (χ0) is 17.7. The number of benzene rings is 2. The summed E-state index contributed by atoms with van der Waals surface area (Å²) in [4.78, 5) is 23.9. The van der Waals surface area contributed by atoms with Crippen molar-refractivity contribution < 1.29 is 14.6 Å². The second-order valence-corrected chi connectivity index (χ2v) is 6.06. The minimum absolute atomic E-state index is 0.0767. The summed E-state index contributed by atoms with van der Waals surface area (Å²) in [5, 5.41) is 13.9. The molecule has 0 saturated heterocycles. The maximum atomic E-state index is 12.2. The molecule has 0 fully saturated rings. The van der Waals surface area contributed by atoms with Crippen LogP contribution in [0.5, 0.6) is 0 Å². The summed E-state index contributed by atoms with van der Waals surface area (Å²) in [5.41, 5.74) is 3.04. The molecule has 0 saturated carbocycles. The third-order valence-electron chi connectivity index (χ3n) is 3.89. The van der Waals surface area contributed by atoms with Gasteiger partial charge in [-0.15, -0.1) is 0 Å². The van der Waals surface area contributed by atoms with Crippen molar-refractivity contribution in [1.29, 1.82) is 0 Å². The normalized spacial score (nSPS) is 11.8. The van der Waals surface area contributed by atoms with E-state index in [0.717, 1.165) is 21.6 Å². The van der Waals surface area contributed by atoms with E-state index in [2.05, 4.69) is 5.32 Å². The van der Waals surface area contributed by atoms with Crippen molar-refractivity contribution in [2.45, 2.75) is 20.4 Å². The molecule has 24 heavy (non-hydrogen) atoms. The van der Waals surface area contributed by atoms with Crippen LogP contribution in [0, 0.1) is 24.0 Å². The van der Waals surface area contributed by atoms with Gasteiger partial charge in [-0.3, -0.25) is 14.9 Å². The largest absolute Gasteiger partial charge is 0.326 e. The van der Waals surface area contributed by atoms with Gasteiger partial charge in [0.1, 0.15) is 12.2 Å². The summed E-state index contributed by atoms with van der Waals surface area (Å²) < 4.78 is 0. The average Bonchev–Trinajstić information content (AvgIpc) is 2.51. The zero-order valence-electron chi connectivity index (χ0n) is 14.1. The van der Waals surface area contributed by atoms with E-state index in [9.17, 15) is 14.9 Å². The molecule has 0 heterocycles. The Kier molecular flexibility index (Phi) is 5.65. The number of nitro groups is 1. The number of carbonyl (C=O) groups is 1. The lowest BCUT2D eigenvalue weighted by molar-refractivity contribution is -0.885. The number of amides is 1. The molecule has 1 unspecified atom stereocenters. The summed E-state index contributed by atoms with van der Waals surface area (Å²) in [6, 6.07) is 13.0. The number of hydrogen-bond acceptors (Lipinski definition) is 3. The number of likely N-dealkylation sites (N-methyl/N-ethyl adjacent to an activating group) is 1. The lowest BCUT2D eigenvalue weighted by atomic mass is 10.1. The molecule has 1 atom stereocenters. The molecule has 0 spiro atoms. The first kappa shape index (κ1) is 17.6. The Hall–Kier alpha value is -2.73. The Labute approximate surface area is 141 Å². The number of anilines is 1. The lowest BCUT2D eigenvalue weighted by Gasteiger charge is -2.14. The first-order valence-corrected chi connectivity index (χ1v) is 7.77. The number of nitrogens with zero attached hydrogens (tertiary/aromatic N) is 1. The van der Waals surface area contributed by atoms with Crippen molar-refractivity contribution in [2.75, 3.05) is 18.9 Å². The summed E-state index contributed by atoms with van der Waals surface area (Å²) >= 11 is 0. The van der Waals surface area contributed by atoms with E-state index >= 15 is 0 Å². The van der Waals surface area contributed by atoms with Crippen LogP contribution in [0.25, 0.3) is 0 Å². The highest BCUT2D eigenvalue weighted by Gasteiger charge is 2.19. The monoisotopic (exact) mass is 328 g/mol. The van der Waals surface area contributed by atoms with Gasteiger partial charge in [0, 0.05) is 11.6 Å². The minimum atomic E-state index is -0.470. The van der Waals surface area contributed by atoms with Crippen molar-refractivity contribution in [3.05, 3.63) is 69.3 Å². The number of carbonyl (C=O) groups excluding carboxylic acids is 1. The van der Waals surface area contributed by atoms with Crippen molar-refractivity contribution in [1.82, 2.24) is 0 Å². The van der Waals surface area contributed by atoms with Gasteiger partial charge >= 0.3 is 0 Å². The van der Waals surface area contributed by atoms with Gasteiger partial charge in [-0.2, -0.15) is 0 Å². The van der Waals surface area contributed by atoms with Crippen LogP contribution in [0.15, 0.2) is 42.5 Å². The SMILES string of the molecule is Cc1cc(NC(=O)C[NH+](C)Cc2ccccc2)c([N+](=O)[O-])cc1C. The predicted molar refractivity (Wildman–Crippen MR) is 93.1 cm³/mol. The highest BCUT2D eigenvalue weighted by molar-refractivity contribution is 5.94. The molecule has 2 N–H and O–H groups in total. The Morgan fingerprint density at radius 2 is 1.79 bits per heavy atom. The van der Waals surface area contributed by atoms with E-state index in [-0.39, 0.29) is 23.8 Å². The number of quaternary nitrogens is 1. The molecule has 2 aromatic rings. The third-order valence-corrected chi connectivity index (χ3v) is 3.89. The van der Waals surface area contributed by atoms with Crippen LogP contribution in [0.1, 0.15) is 16.7 Å². The van der Waals surface area contributed by atoms with Crippen molar-refractivity contribution >= 4 is 17.3 Å². The molecule has 126 valence electrons. The molecular weight excluding hydrogens is 306 g/mol. The second kappa shape index (κ2) is 7.70. The van der Waals surface area contributed by atoms with Gasteiger partial charge in [0.15, 0.2) is 6.54 Å². The topological polar surface area (TPSA) is 76.7 Å². The van der Waals surface area contributed by atoms with Crippen LogP contribution in [0.3, 0.4) is 0 Å². The van der Waals surface area contributed by atoms with E-state index in [0.29, 0.717) is 6.54 Å². The molecule has 0 bridgehead atoms. The minimum Gasteiger partial charge on any atom is -0.326 e. The highest BCUT2D eigenvalue weighted by Crippen LogP contribution is 2.27. The molecule has 0 aliphatic carbocycles. The van der Waals surface area contributed by atoms with E-state index in [4.69, 9.17) is 0 Å². The van der Waals surface area contributed by atoms with Crippen LogP contribution >= 0.6 is 0 Å². The molecule has 2 aromatic carbocycles. The Morgan fingerprint density at radius 1 is 1.17 bits per heavy atom. The summed E-state index contributed by atoms with van der Waals surface area (Å²) in [6.07, 6.45) is 0. The highest BCUT2D eigenvalue weighted by atomic mass is 16.6. The molecule has 2 rings (SSSR count). The number of aryl methyl sites for hydroxylation is 2. The van der Waals surface area contributed by atoms with Crippen LogP contribution in [-0.4, -0.2) is 24.4 Å². The first-order chi connectivity index (χ1) is 11.4. The van der Waals surface area contributed by atoms with Crippen molar-refractivity contribution in [2.24, 2.45) is 0 Å². The third kappa shape index (κ3) is 4.63. The van der Waals surface area contributed by atoms with Crippen LogP contribution in [-0.2, 0) is 11.3 Å². The van der Waals surface area contributed by atoms with Crippen molar-refractivity contribution in [3.63, 3.8) is 0 Å². The van der Waals surface area contributed by atoms with Gasteiger partial charge in [0.05, 0.1) is 12.0 Å². The molecular formula is C18H22N3O3+. The van der Waals surface area contributed by atoms with Gasteiger partial charge in [-0.25, -0.2) is 0 Å². The Balaban J connectivity index is 2.04. The summed E-state index contributed by atoms with van der Waals surface area (Å²) in [7, 11) is 1.92. The summed E-state index contributed by atoms with van der Waals surface area (Å²) in [6.45, 7) is 4.62. The number of nitro benzene ring substituents is 1. The molecule has 6 heteroatoms. The molecule has 0 radical (unpaired) electrons. The molecule has 0 aliphatic rings. The van der Waals surface area contributed by atoms with Crippen molar-refractivity contribution in [3.8, 4) is 0 Å². The maximum Gasteiger partial charge on any atom is 0.293 e. The molecule has 1 amide bonds. The Bertz CT molecular complexity index is 745. The smallest absolute Gasteiger partial charge is 0.293 e. The van der Waals surface area contributed by atoms with E-state index < -0.39 is 4.92 Å². The fourth-order valence-corrected chi connectivity index (χ4v) is 2.53. The van der Waals surface area contributed by atoms with E-state index in [1.165, 1.54) is 6.07 Å². The standard InChI is InChI=1S/C18H21N3O3/c1-13-9-16(17(21(23)24)10-14(13)2)19-18(22)12-20(3)11-15-7-5-4-6-8-15/h4-10H,11-12H2,1-3H3,(H,19,22)/p+1. The first-order valence-electron chi connectivity index (χ1n) is 7.77. The number of nitrogens with one attached hydrogen (secondary N) is 2. The van der Waals surface area contributed by atoms with Crippen LogP contribution in [0.4, 0.5) is 11.4 Å². The van der Waals surface area contributed by atoms with E-state index in [1.807, 2.05) is 51.2 Å². The molecule has 0 aliphatic heterocycles. The van der Waals surface area contributed by atoms with Gasteiger partial charge in [-0.05, 0) is 31.0 Å². The second-order valence-electron chi connectivity index (χ2n) is 6.06. The van der Waals surface area contributed by atoms with Crippen LogP contribution in [0.2, 0.25) is 0 Å². The number of hydrogen-bond donors (Lipinski definition) is 2. The maximum absolute atomic E-state index is 12.2.